The fourth-order valence-electron chi connectivity index (χ4n) is 6.07. The van der Waals surface area contributed by atoms with Crippen molar-refractivity contribution in [3.63, 3.8) is 0 Å². The van der Waals surface area contributed by atoms with Crippen LogP contribution in [0.15, 0.2) is 52.9 Å². The summed E-state index contributed by atoms with van der Waals surface area (Å²) in [4.78, 5) is 50.8. The van der Waals surface area contributed by atoms with Gasteiger partial charge in [-0.3, -0.25) is 24.5 Å². The van der Waals surface area contributed by atoms with Crippen molar-refractivity contribution in [3.8, 4) is 17.2 Å². The highest BCUT2D eigenvalue weighted by Crippen LogP contribution is 2.52. The molecule has 0 atom stereocenters. The minimum absolute atomic E-state index is 0.0363. The van der Waals surface area contributed by atoms with Crippen LogP contribution in [-0.2, 0) is 20.6 Å². The summed E-state index contributed by atoms with van der Waals surface area (Å²) in [5.41, 5.74) is 0.308. The molecule has 1 heterocycles. The van der Waals surface area contributed by atoms with E-state index in [9.17, 15) is 42.8 Å². The first-order valence-corrected chi connectivity index (χ1v) is 14.1. The summed E-state index contributed by atoms with van der Waals surface area (Å²) in [6, 6.07) is 4.72. The van der Waals surface area contributed by atoms with Crippen molar-refractivity contribution < 1.29 is 47.1 Å². The first-order chi connectivity index (χ1) is 20.8. The van der Waals surface area contributed by atoms with Gasteiger partial charge >= 0.3 is 17.8 Å². The second-order valence-corrected chi connectivity index (χ2v) is 11.0. The van der Waals surface area contributed by atoms with Crippen LogP contribution >= 0.6 is 11.6 Å². The minimum atomic E-state index is -4.82. The van der Waals surface area contributed by atoms with Gasteiger partial charge in [-0.15, -0.1) is 0 Å². The molecule has 10 nitrogen and oxygen atoms in total. The van der Waals surface area contributed by atoms with E-state index >= 15 is 0 Å². The van der Waals surface area contributed by atoms with Crippen LogP contribution in [0.25, 0.3) is 0 Å². The lowest BCUT2D eigenvalue weighted by molar-refractivity contribution is -0.385. The van der Waals surface area contributed by atoms with E-state index in [0.29, 0.717) is 65.9 Å². The average molecular weight is 635 g/mol. The van der Waals surface area contributed by atoms with Gasteiger partial charge in [0.2, 0.25) is 5.75 Å². The van der Waals surface area contributed by atoms with Crippen LogP contribution in [0, 0.1) is 10.1 Å². The molecule has 1 aliphatic heterocycles. The molecule has 0 fully saturated rings. The SMILES string of the molecule is COc1cc(C2C3=C(CCCC3=O)N(CCC(=O)O)C3=C2C(=O)CCC3)cc(Cl)c1Oc1ccc(C(F)(F)F)cc1[N+](=O)[O-]. The number of nitrogens with zero attached hydrogens (tertiary/aromatic N) is 2. The maximum atomic E-state index is 13.5. The molecule has 5 rings (SSSR count). The average Bonchev–Trinajstić information content (AvgIpc) is 2.96. The quantitative estimate of drug-likeness (QED) is 0.241. The molecule has 2 aliphatic carbocycles. The highest BCUT2D eigenvalue weighted by Gasteiger charge is 2.44. The van der Waals surface area contributed by atoms with Crippen molar-refractivity contribution >= 4 is 34.8 Å². The van der Waals surface area contributed by atoms with Crippen molar-refractivity contribution in [1.82, 2.24) is 4.90 Å². The van der Waals surface area contributed by atoms with E-state index in [1.54, 1.807) is 0 Å². The number of Topliss-reactive ketones (excluding diaryl/α,β-unsaturated/α-hetero) is 2. The number of hydrogen-bond donors (Lipinski definition) is 1. The van der Waals surface area contributed by atoms with Crippen molar-refractivity contribution in [2.45, 2.75) is 57.0 Å². The van der Waals surface area contributed by atoms with E-state index in [-0.39, 0.29) is 53.9 Å². The molecule has 1 N–H and O–H groups in total. The van der Waals surface area contributed by atoms with E-state index in [1.807, 2.05) is 4.90 Å². The number of carbonyl (C=O) groups excluding carboxylic acids is 2. The molecule has 232 valence electrons. The molecule has 14 heteroatoms. The molecule has 2 aromatic rings. The fraction of sp³-hybridized carbons (Fsp3) is 0.367. The van der Waals surface area contributed by atoms with Gasteiger partial charge in [-0.2, -0.15) is 13.2 Å². The number of nitro benzene ring substituents is 1. The molecule has 0 amide bonds. The van der Waals surface area contributed by atoms with E-state index in [0.717, 1.165) is 6.07 Å². The predicted octanol–water partition coefficient (Wildman–Crippen LogP) is 6.96. The van der Waals surface area contributed by atoms with Gasteiger partial charge in [0.1, 0.15) is 0 Å². The summed E-state index contributed by atoms with van der Waals surface area (Å²) in [5.74, 6) is -2.97. The topological polar surface area (TPSA) is 136 Å². The number of aliphatic carboxylic acids is 1. The van der Waals surface area contributed by atoms with Crippen LogP contribution in [0.2, 0.25) is 5.02 Å². The summed E-state index contributed by atoms with van der Waals surface area (Å²) in [6.07, 6.45) is -2.40. The summed E-state index contributed by atoms with van der Waals surface area (Å²) in [5, 5.41) is 20.9. The molecule has 3 aliphatic rings. The Kier molecular flexibility index (Phi) is 8.43. The Balaban J connectivity index is 1.63. The number of carboxylic acids is 1. The number of nitro groups is 1. The van der Waals surface area contributed by atoms with Crippen LogP contribution < -0.4 is 9.47 Å². The molecule has 0 saturated heterocycles. The van der Waals surface area contributed by atoms with Gasteiger partial charge in [0.25, 0.3) is 0 Å². The zero-order chi connectivity index (χ0) is 31.9. The number of halogens is 4. The third-order valence-electron chi connectivity index (χ3n) is 7.92. The Morgan fingerprint density at radius 3 is 2.18 bits per heavy atom. The van der Waals surface area contributed by atoms with Crippen molar-refractivity contribution in [1.29, 1.82) is 0 Å². The number of hydrogen-bond acceptors (Lipinski definition) is 8. The Labute approximate surface area is 253 Å². The lowest BCUT2D eigenvalue weighted by Crippen LogP contribution is -2.39. The normalized spacial score (nSPS) is 17.4. The van der Waals surface area contributed by atoms with Crippen LogP contribution in [0.5, 0.6) is 17.2 Å². The predicted molar refractivity (Wildman–Crippen MR) is 150 cm³/mol. The number of carboxylic acid groups (broad SMARTS) is 1. The highest BCUT2D eigenvalue weighted by atomic mass is 35.5. The number of rotatable bonds is 8. The smallest absolute Gasteiger partial charge is 0.416 e. The number of ketones is 2. The first kappa shape index (κ1) is 31.0. The van der Waals surface area contributed by atoms with E-state index in [2.05, 4.69) is 0 Å². The molecule has 0 aromatic heterocycles. The minimum Gasteiger partial charge on any atom is -0.493 e. The second kappa shape index (κ2) is 11.9. The first-order valence-electron chi connectivity index (χ1n) is 13.7. The zero-order valence-electron chi connectivity index (χ0n) is 23.3. The summed E-state index contributed by atoms with van der Waals surface area (Å²) in [6.45, 7) is 0.100. The van der Waals surface area contributed by atoms with Gasteiger partial charge in [0.15, 0.2) is 23.1 Å². The van der Waals surface area contributed by atoms with Crippen molar-refractivity contribution in [2.75, 3.05) is 13.7 Å². The fourth-order valence-corrected chi connectivity index (χ4v) is 6.32. The van der Waals surface area contributed by atoms with Gasteiger partial charge in [-0.1, -0.05) is 11.6 Å². The summed E-state index contributed by atoms with van der Waals surface area (Å²) in [7, 11) is 1.27. The lowest BCUT2D eigenvalue weighted by atomic mass is 9.71. The molecular formula is C30H26ClF3N2O8. The standard InChI is InChI=1S/C30H26ClF3N2O8/c1-43-24-13-15(12-17(31)29(24)44-23-9-8-16(30(32,33)34)14-20(23)36(41)42)26-27-18(4-2-6-21(27)37)35(11-10-25(39)40)19-5-3-7-22(38)28(19)26/h8-9,12-14,26H,2-7,10-11H2,1H3,(H,39,40). The van der Waals surface area contributed by atoms with Gasteiger partial charge in [-0.25, -0.2) is 0 Å². The van der Waals surface area contributed by atoms with Crippen molar-refractivity contribution in [3.05, 3.63) is 79.1 Å². The summed E-state index contributed by atoms with van der Waals surface area (Å²) < 4.78 is 50.8. The molecule has 0 radical (unpaired) electrons. The van der Waals surface area contributed by atoms with E-state index in [4.69, 9.17) is 21.1 Å². The maximum Gasteiger partial charge on any atom is 0.416 e. The van der Waals surface area contributed by atoms with Gasteiger partial charge in [-0.05, 0) is 55.5 Å². The maximum absolute atomic E-state index is 13.5. The molecule has 0 bridgehead atoms. The van der Waals surface area contributed by atoms with Crippen molar-refractivity contribution in [2.24, 2.45) is 0 Å². The monoisotopic (exact) mass is 634 g/mol. The highest BCUT2D eigenvalue weighted by molar-refractivity contribution is 6.32. The van der Waals surface area contributed by atoms with Crippen LogP contribution in [0.3, 0.4) is 0 Å². The number of alkyl halides is 3. The Morgan fingerprint density at radius 1 is 1.05 bits per heavy atom. The summed E-state index contributed by atoms with van der Waals surface area (Å²) >= 11 is 6.62. The van der Waals surface area contributed by atoms with Gasteiger partial charge in [0.05, 0.1) is 29.0 Å². The Bertz CT molecular complexity index is 1610. The number of methoxy groups -OCH3 is 1. The number of benzene rings is 2. The molecule has 0 spiro atoms. The van der Waals surface area contributed by atoms with Crippen LogP contribution in [-0.4, -0.2) is 46.1 Å². The third kappa shape index (κ3) is 5.75. The molecular weight excluding hydrogens is 609 g/mol. The molecule has 0 unspecified atom stereocenters. The third-order valence-corrected chi connectivity index (χ3v) is 8.20. The van der Waals surface area contributed by atoms with E-state index < -0.39 is 40.0 Å². The number of ether oxygens (including phenoxy) is 2. The largest absolute Gasteiger partial charge is 0.493 e. The van der Waals surface area contributed by atoms with Gasteiger partial charge in [0, 0.05) is 53.9 Å². The van der Waals surface area contributed by atoms with Crippen LogP contribution in [0.4, 0.5) is 18.9 Å². The molecule has 0 saturated carbocycles. The molecule has 44 heavy (non-hydrogen) atoms. The van der Waals surface area contributed by atoms with E-state index in [1.165, 1.54) is 19.2 Å². The zero-order valence-corrected chi connectivity index (χ0v) is 24.1. The molecule has 2 aromatic carbocycles. The van der Waals surface area contributed by atoms with Gasteiger partial charge < -0.3 is 19.5 Å². The number of allylic oxidation sites excluding steroid dienone is 4. The van der Waals surface area contributed by atoms with Crippen LogP contribution in [0.1, 0.15) is 62.0 Å². The lowest BCUT2D eigenvalue weighted by Gasteiger charge is -2.44. The number of carbonyl (C=O) groups is 3. The Morgan fingerprint density at radius 2 is 1.66 bits per heavy atom. The Hall–Kier alpha value is -4.39. The second-order valence-electron chi connectivity index (χ2n) is 10.6.